The second-order valence-electron chi connectivity index (χ2n) is 6.16. The molecule has 2 aromatic heterocycles. The number of carbonyl (C=O) groups is 1. The standard InChI is InChI=1S/C17H16Cl2N6O3/c1-10-7-16(25(27)28)22-24(10)11(2)17(26)20-15-5-6-23(21-15)9-12-3-4-13(18)14(19)8-12/h3-8,11H,9H2,1-2H3,(H,20,21,26). The maximum Gasteiger partial charge on any atom is 0.390 e. The summed E-state index contributed by atoms with van der Waals surface area (Å²) in [5, 5.41) is 22.6. The van der Waals surface area contributed by atoms with E-state index in [2.05, 4.69) is 15.5 Å². The number of hydrogen-bond donors (Lipinski definition) is 1. The SMILES string of the molecule is Cc1cc([N+](=O)[O-])nn1C(C)C(=O)Nc1ccn(Cc2ccc(Cl)c(Cl)c2)n1. The van der Waals surface area contributed by atoms with Crippen LogP contribution in [0.1, 0.15) is 24.2 Å². The number of nitrogens with one attached hydrogen (secondary N) is 1. The average Bonchev–Trinajstić information content (AvgIpc) is 3.24. The molecule has 1 atom stereocenters. The minimum absolute atomic E-state index is 0.303. The van der Waals surface area contributed by atoms with Gasteiger partial charge in [0.2, 0.25) is 0 Å². The highest BCUT2D eigenvalue weighted by atomic mass is 35.5. The Morgan fingerprint density at radius 3 is 2.64 bits per heavy atom. The summed E-state index contributed by atoms with van der Waals surface area (Å²) in [7, 11) is 0. The van der Waals surface area contributed by atoms with Crippen LogP contribution >= 0.6 is 23.2 Å². The summed E-state index contributed by atoms with van der Waals surface area (Å²) in [5.41, 5.74) is 1.42. The molecule has 0 fully saturated rings. The molecule has 0 aliphatic rings. The van der Waals surface area contributed by atoms with Gasteiger partial charge in [-0.05, 0) is 36.5 Å². The van der Waals surface area contributed by atoms with Crippen LogP contribution in [-0.2, 0) is 11.3 Å². The van der Waals surface area contributed by atoms with Crippen molar-refractivity contribution in [1.82, 2.24) is 19.6 Å². The first-order valence-electron chi connectivity index (χ1n) is 8.23. The molecule has 1 N–H and O–H groups in total. The monoisotopic (exact) mass is 422 g/mol. The first-order valence-corrected chi connectivity index (χ1v) is 8.99. The lowest BCUT2D eigenvalue weighted by atomic mass is 10.2. The maximum atomic E-state index is 12.5. The van der Waals surface area contributed by atoms with Gasteiger partial charge >= 0.3 is 5.82 Å². The number of carbonyl (C=O) groups excluding carboxylic acids is 1. The van der Waals surface area contributed by atoms with E-state index in [1.807, 2.05) is 6.07 Å². The Bertz CT molecular complexity index is 1050. The molecule has 0 spiro atoms. The van der Waals surface area contributed by atoms with Crippen LogP contribution in [0.25, 0.3) is 0 Å². The first-order chi connectivity index (χ1) is 13.2. The van der Waals surface area contributed by atoms with Gasteiger partial charge in [0, 0.05) is 12.3 Å². The highest BCUT2D eigenvalue weighted by molar-refractivity contribution is 6.42. The zero-order valence-electron chi connectivity index (χ0n) is 15.0. The van der Waals surface area contributed by atoms with E-state index < -0.39 is 11.0 Å². The number of anilines is 1. The molecule has 146 valence electrons. The lowest BCUT2D eigenvalue weighted by Gasteiger charge is -2.10. The van der Waals surface area contributed by atoms with Gasteiger partial charge in [-0.1, -0.05) is 29.3 Å². The molecule has 1 unspecified atom stereocenters. The minimum atomic E-state index is -0.742. The molecular weight excluding hydrogens is 407 g/mol. The van der Waals surface area contributed by atoms with Crippen LogP contribution < -0.4 is 5.32 Å². The van der Waals surface area contributed by atoms with Crippen molar-refractivity contribution in [3.05, 3.63) is 67.9 Å². The molecule has 0 bridgehead atoms. The Hall–Kier alpha value is -2.91. The Balaban J connectivity index is 1.68. The summed E-state index contributed by atoms with van der Waals surface area (Å²) < 4.78 is 2.95. The van der Waals surface area contributed by atoms with E-state index in [0.717, 1.165) is 5.56 Å². The van der Waals surface area contributed by atoms with Crippen LogP contribution in [0.5, 0.6) is 0 Å². The number of amides is 1. The molecule has 1 aromatic carbocycles. The van der Waals surface area contributed by atoms with Gasteiger partial charge in [-0.15, -0.1) is 0 Å². The molecule has 9 nitrogen and oxygen atoms in total. The molecule has 0 saturated heterocycles. The molecule has 0 aliphatic heterocycles. The second kappa shape index (κ2) is 7.99. The van der Waals surface area contributed by atoms with E-state index in [-0.39, 0.29) is 11.7 Å². The molecule has 3 aromatic rings. The zero-order chi connectivity index (χ0) is 20.4. The number of rotatable bonds is 6. The summed E-state index contributed by atoms with van der Waals surface area (Å²) in [6.07, 6.45) is 1.72. The van der Waals surface area contributed by atoms with Crippen LogP contribution in [0.3, 0.4) is 0 Å². The quantitative estimate of drug-likeness (QED) is 0.479. The van der Waals surface area contributed by atoms with E-state index in [4.69, 9.17) is 23.2 Å². The van der Waals surface area contributed by atoms with E-state index in [9.17, 15) is 14.9 Å². The van der Waals surface area contributed by atoms with Crippen molar-refractivity contribution in [3.8, 4) is 0 Å². The van der Waals surface area contributed by atoms with Gasteiger partial charge in [-0.3, -0.25) is 9.48 Å². The Morgan fingerprint density at radius 2 is 2.00 bits per heavy atom. The largest absolute Gasteiger partial charge is 0.390 e. The van der Waals surface area contributed by atoms with E-state index >= 15 is 0 Å². The van der Waals surface area contributed by atoms with Crippen molar-refractivity contribution in [2.24, 2.45) is 0 Å². The molecular formula is C17H16Cl2N6O3. The van der Waals surface area contributed by atoms with E-state index in [1.54, 1.807) is 42.9 Å². The smallest absolute Gasteiger partial charge is 0.358 e. The predicted octanol–water partition coefficient (Wildman–Crippen LogP) is 3.85. The summed E-state index contributed by atoms with van der Waals surface area (Å²) in [5.74, 6) is -0.333. The Kier molecular flexibility index (Phi) is 5.66. The lowest BCUT2D eigenvalue weighted by molar-refractivity contribution is -0.389. The maximum absolute atomic E-state index is 12.5. The van der Waals surface area contributed by atoms with Crippen LogP contribution in [-0.4, -0.2) is 30.4 Å². The van der Waals surface area contributed by atoms with Crippen LogP contribution in [0.15, 0.2) is 36.5 Å². The number of aryl methyl sites for hydroxylation is 1. The molecule has 3 rings (SSSR count). The third-order valence-corrected chi connectivity index (χ3v) is 4.80. The number of nitrogens with zero attached hydrogens (tertiary/aromatic N) is 5. The summed E-state index contributed by atoms with van der Waals surface area (Å²) in [6.45, 7) is 3.70. The second-order valence-corrected chi connectivity index (χ2v) is 6.97. The third-order valence-electron chi connectivity index (χ3n) is 4.06. The van der Waals surface area contributed by atoms with Gasteiger partial charge in [-0.2, -0.15) is 9.78 Å². The van der Waals surface area contributed by atoms with Crippen LogP contribution in [0.2, 0.25) is 10.0 Å². The molecule has 11 heteroatoms. The van der Waals surface area contributed by atoms with Gasteiger partial charge in [-0.25, -0.2) is 0 Å². The van der Waals surface area contributed by atoms with Crippen LogP contribution in [0.4, 0.5) is 11.6 Å². The van der Waals surface area contributed by atoms with Gasteiger partial charge < -0.3 is 15.4 Å². The number of nitro groups is 1. The number of benzene rings is 1. The van der Waals surface area contributed by atoms with Crippen molar-refractivity contribution >= 4 is 40.7 Å². The summed E-state index contributed by atoms with van der Waals surface area (Å²) >= 11 is 11.9. The van der Waals surface area contributed by atoms with Gasteiger partial charge in [0.05, 0.1) is 33.4 Å². The molecule has 0 aliphatic carbocycles. The molecule has 0 radical (unpaired) electrons. The lowest BCUT2D eigenvalue weighted by Crippen LogP contribution is -2.25. The average molecular weight is 423 g/mol. The fourth-order valence-electron chi connectivity index (χ4n) is 2.64. The van der Waals surface area contributed by atoms with Crippen molar-refractivity contribution in [2.45, 2.75) is 26.4 Å². The normalized spacial score (nSPS) is 12.0. The number of hydrogen-bond acceptors (Lipinski definition) is 5. The number of halogens is 2. The van der Waals surface area contributed by atoms with Crippen molar-refractivity contribution < 1.29 is 9.72 Å². The van der Waals surface area contributed by atoms with Crippen molar-refractivity contribution in [2.75, 3.05) is 5.32 Å². The van der Waals surface area contributed by atoms with Gasteiger partial charge in [0.1, 0.15) is 6.04 Å². The molecule has 28 heavy (non-hydrogen) atoms. The van der Waals surface area contributed by atoms with Crippen molar-refractivity contribution in [1.29, 1.82) is 0 Å². The van der Waals surface area contributed by atoms with Crippen LogP contribution in [0, 0.1) is 17.0 Å². The summed E-state index contributed by atoms with van der Waals surface area (Å²) in [6, 6.07) is 7.52. The number of aromatic nitrogens is 4. The van der Waals surface area contributed by atoms with E-state index in [1.165, 1.54) is 10.7 Å². The Morgan fingerprint density at radius 1 is 1.25 bits per heavy atom. The molecule has 0 saturated carbocycles. The fourth-order valence-corrected chi connectivity index (χ4v) is 2.96. The van der Waals surface area contributed by atoms with Crippen molar-refractivity contribution in [3.63, 3.8) is 0 Å². The minimum Gasteiger partial charge on any atom is -0.358 e. The fraction of sp³-hybridized carbons (Fsp3) is 0.235. The van der Waals surface area contributed by atoms with Gasteiger partial charge in [0.15, 0.2) is 5.82 Å². The highest BCUT2D eigenvalue weighted by Gasteiger charge is 2.25. The Labute approximate surface area is 170 Å². The predicted molar refractivity (Wildman–Crippen MR) is 105 cm³/mol. The van der Waals surface area contributed by atoms with Gasteiger partial charge in [0.25, 0.3) is 5.91 Å². The first kappa shape index (κ1) is 19.8. The topological polar surface area (TPSA) is 108 Å². The third kappa shape index (κ3) is 4.32. The zero-order valence-corrected chi connectivity index (χ0v) is 16.5. The van der Waals surface area contributed by atoms with E-state index in [0.29, 0.717) is 28.1 Å². The molecule has 1 amide bonds. The highest BCUT2D eigenvalue weighted by Crippen LogP contribution is 2.23. The summed E-state index contributed by atoms with van der Waals surface area (Å²) in [4.78, 5) is 22.7. The molecule has 2 heterocycles.